The molecule has 0 saturated carbocycles. The average molecular weight is 256 g/mol. The fourth-order valence-electron chi connectivity index (χ4n) is 2.39. The molecule has 1 aromatic heterocycles. The van der Waals surface area contributed by atoms with Crippen LogP contribution in [0.1, 0.15) is 16.8 Å². The van der Waals surface area contributed by atoms with Gasteiger partial charge in [-0.2, -0.15) is 0 Å². The molecule has 1 aliphatic heterocycles. The normalized spacial score (nSPS) is 18.8. The lowest BCUT2D eigenvalue weighted by Crippen LogP contribution is -2.29. The summed E-state index contributed by atoms with van der Waals surface area (Å²) in [5, 5.41) is 9.47. The SMILES string of the molecule is O=C(c1ccc(-n2cccc2)cc1)N1CC[C@@H](O)C1. The van der Waals surface area contributed by atoms with Crippen molar-refractivity contribution in [2.24, 2.45) is 0 Å². The number of hydrogen-bond donors (Lipinski definition) is 1. The van der Waals surface area contributed by atoms with Crippen LogP contribution in [0.3, 0.4) is 0 Å². The van der Waals surface area contributed by atoms with E-state index in [0.717, 1.165) is 5.69 Å². The lowest BCUT2D eigenvalue weighted by molar-refractivity contribution is 0.0765. The number of nitrogens with zero attached hydrogens (tertiary/aromatic N) is 2. The van der Waals surface area contributed by atoms with Crippen LogP contribution in [-0.4, -0.2) is 39.7 Å². The molecular formula is C15H16N2O2. The molecule has 3 rings (SSSR count). The fourth-order valence-corrected chi connectivity index (χ4v) is 2.39. The van der Waals surface area contributed by atoms with Crippen LogP contribution in [0.2, 0.25) is 0 Å². The van der Waals surface area contributed by atoms with E-state index in [-0.39, 0.29) is 12.0 Å². The van der Waals surface area contributed by atoms with Crippen LogP contribution in [0, 0.1) is 0 Å². The molecule has 0 bridgehead atoms. The number of hydrogen-bond acceptors (Lipinski definition) is 2. The van der Waals surface area contributed by atoms with E-state index in [1.54, 1.807) is 4.90 Å². The lowest BCUT2D eigenvalue weighted by atomic mass is 10.2. The lowest BCUT2D eigenvalue weighted by Gasteiger charge is -2.15. The summed E-state index contributed by atoms with van der Waals surface area (Å²) in [7, 11) is 0. The van der Waals surface area contributed by atoms with Crippen LogP contribution in [0.4, 0.5) is 0 Å². The van der Waals surface area contributed by atoms with Crippen molar-refractivity contribution in [1.82, 2.24) is 9.47 Å². The highest BCUT2D eigenvalue weighted by molar-refractivity contribution is 5.94. The molecule has 1 saturated heterocycles. The molecule has 1 amide bonds. The molecule has 98 valence electrons. The van der Waals surface area contributed by atoms with E-state index < -0.39 is 0 Å². The summed E-state index contributed by atoms with van der Waals surface area (Å²) in [6.07, 6.45) is 4.23. The van der Waals surface area contributed by atoms with Gasteiger partial charge >= 0.3 is 0 Å². The third kappa shape index (κ3) is 2.39. The van der Waals surface area contributed by atoms with Gasteiger partial charge in [0.05, 0.1) is 6.10 Å². The standard InChI is InChI=1S/C15H16N2O2/c18-14-7-10-17(11-14)15(19)12-3-5-13(6-4-12)16-8-1-2-9-16/h1-6,8-9,14,18H,7,10-11H2/t14-/m1/s1. The summed E-state index contributed by atoms with van der Waals surface area (Å²) in [4.78, 5) is 13.9. The molecule has 1 fully saturated rings. The van der Waals surface area contributed by atoms with Crippen molar-refractivity contribution in [3.05, 3.63) is 54.4 Å². The number of β-amino-alcohol motifs (C(OH)–C–C–N with tert-alkyl or cyclic N) is 1. The van der Waals surface area contributed by atoms with E-state index in [1.165, 1.54) is 0 Å². The van der Waals surface area contributed by atoms with E-state index in [0.29, 0.717) is 25.1 Å². The molecular weight excluding hydrogens is 240 g/mol. The first kappa shape index (κ1) is 12.0. The van der Waals surface area contributed by atoms with Crippen molar-refractivity contribution in [2.75, 3.05) is 13.1 Å². The summed E-state index contributed by atoms with van der Waals surface area (Å²) in [6.45, 7) is 1.08. The first-order valence-corrected chi connectivity index (χ1v) is 6.45. The van der Waals surface area contributed by atoms with Gasteiger partial charge in [-0.3, -0.25) is 4.79 Å². The predicted molar refractivity (Wildman–Crippen MR) is 72.3 cm³/mol. The Bertz CT molecular complexity index is 560. The zero-order valence-electron chi connectivity index (χ0n) is 10.6. The van der Waals surface area contributed by atoms with Crippen LogP contribution >= 0.6 is 0 Å². The molecule has 1 N–H and O–H groups in total. The van der Waals surface area contributed by atoms with E-state index in [4.69, 9.17) is 0 Å². The molecule has 2 aromatic rings. The molecule has 4 heteroatoms. The minimum Gasteiger partial charge on any atom is -0.391 e. The highest BCUT2D eigenvalue weighted by Crippen LogP contribution is 2.15. The van der Waals surface area contributed by atoms with Gasteiger partial charge in [0.25, 0.3) is 5.91 Å². The topological polar surface area (TPSA) is 45.5 Å². The van der Waals surface area contributed by atoms with Crippen molar-refractivity contribution in [3.8, 4) is 5.69 Å². The molecule has 19 heavy (non-hydrogen) atoms. The summed E-state index contributed by atoms with van der Waals surface area (Å²) in [5.74, 6) is -0.00407. The number of benzene rings is 1. The Hall–Kier alpha value is -2.07. The Balaban J connectivity index is 1.77. The quantitative estimate of drug-likeness (QED) is 0.888. The third-order valence-corrected chi connectivity index (χ3v) is 3.47. The van der Waals surface area contributed by atoms with Crippen LogP contribution in [-0.2, 0) is 0 Å². The largest absolute Gasteiger partial charge is 0.391 e. The Morgan fingerprint density at radius 3 is 2.42 bits per heavy atom. The van der Waals surface area contributed by atoms with Crippen molar-refractivity contribution < 1.29 is 9.90 Å². The van der Waals surface area contributed by atoms with Crippen LogP contribution < -0.4 is 0 Å². The molecule has 4 nitrogen and oxygen atoms in total. The van der Waals surface area contributed by atoms with E-state index in [2.05, 4.69) is 0 Å². The van der Waals surface area contributed by atoms with Gasteiger partial charge in [0.15, 0.2) is 0 Å². The highest BCUT2D eigenvalue weighted by atomic mass is 16.3. The second-order valence-electron chi connectivity index (χ2n) is 4.83. The summed E-state index contributed by atoms with van der Waals surface area (Å²) >= 11 is 0. The minimum atomic E-state index is -0.372. The minimum absolute atomic E-state index is 0.00407. The Morgan fingerprint density at radius 2 is 1.84 bits per heavy atom. The maximum absolute atomic E-state index is 12.2. The predicted octanol–water partition coefficient (Wildman–Crippen LogP) is 1.68. The van der Waals surface area contributed by atoms with Gasteiger partial charge < -0.3 is 14.6 Å². The van der Waals surface area contributed by atoms with Gasteiger partial charge in [0, 0.05) is 36.7 Å². The van der Waals surface area contributed by atoms with Crippen molar-refractivity contribution in [1.29, 1.82) is 0 Å². The molecule has 1 aromatic carbocycles. The zero-order valence-corrected chi connectivity index (χ0v) is 10.6. The molecule has 1 atom stereocenters. The molecule has 1 aliphatic rings. The number of rotatable bonds is 2. The number of amides is 1. The second-order valence-corrected chi connectivity index (χ2v) is 4.83. The average Bonchev–Trinajstić information content (AvgIpc) is 3.09. The van der Waals surface area contributed by atoms with Crippen molar-refractivity contribution >= 4 is 5.91 Å². The fraction of sp³-hybridized carbons (Fsp3) is 0.267. The summed E-state index contributed by atoms with van der Waals surface area (Å²) in [6, 6.07) is 11.5. The number of aliphatic hydroxyl groups excluding tert-OH is 1. The maximum atomic E-state index is 12.2. The summed E-state index contributed by atoms with van der Waals surface area (Å²) < 4.78 is 1.99. The van der Waals surface area contributed by atoms with E-state index in [9.17, 15) is 9.90 Å². The number of carbonyl (C=O) groups is 1. The van der Waals surface area contributed by atoms with E-state index in [1.807, 2.05) is 53.4 Å². The second kappa shape index (κ2) is 4.90. The number of aromatic nitrogens is 1. The maximum Gasteiger partial charge on any atom is 0.253 e. The number of likely N-dealkylation sites (tertiary alicyclic amines) is 1. The van der Waals surface area contributed by atoms with Crippen LogP contribution in [0.5, 0.6) is 0 Å². The van der Waals surface area contributed by atoms with Gasteiger partial charge in [-0.1, -0.05) is 0 Å². The van der Waals surface area contributed by atoms with E-state index >= 15 is 0 Å². The van der Waals surface area contributed by atoms with Gasteiger partial charge in [-0.05, 0) is 42.8 Å². The molecule has 0 spiro atoms. The monoisotopic (exact) mass is 256 g/mol. The van der Waals surface area contributed by atoms with Gasteiger partial charge in [-0.25, -0.2) is 0 Å². The molecule has 0 radical (unpaired) electrons. The van der Waals surface area contributed by atoms with Gasteiger partial charge in [0.2, 0.25) is 0 Å². The molecule has 2 heterocycles. The van der Waals surface area contributed by atoms with Crippen LogP contribution in [0.15, 0.2) is 48.8 Å². The molecule has 0 aliphatic carbocycles. The van der Waals surface area contributed by atoms with Crippen molar-refractivity contribution in [3.63, 3.8) is 0 Å². The highest BCUT2D eigenvalue weighted by Gasteiger charge is 2.25. The molecule has 0 unspecified atom stereocenters. The Kier molecular flexibility index (Phi) is 3.09. The zero-order chi connectivity index (χ0) is 13.2. The van der Waals surface area contributed by atoms with Crippen LogP contribution in [0.25, 0.3) is 5.69 Å². The van der Waals surface area contributed by atoms with Crippen molar-refractivity contribution in [2.45, 2.75) is 12.5 Å². The van der Waals surface area contributed by atoms with Gasteiger partial charge in [-0.15, -0.1) is 0 Å². The smallest absolute Gasteiger partial charge is 0.253 e. The Labute approximate surface area is 111 Å². The third-order valence-electron chi connectivity index (χ3n) is 3.47. The number of carbonyl (C=O) groups excluding carboxylic acids is 1. The Morgan fingerprint density at radius 1 is 1.16 bits per heavy atom. The number of aliphatic hydroxyl groups is 1. The van der Waals surface area contributed by atoms with Gasteiger partial charge in [0.1, 0.15) is 0 Å². The first-order valence-electron chi connectivity index (χ1n) is 6.45. The summed E-state index contributed by atoms with van der Waals surface area (Å²) in [5.41, 5.74) is 1.70. The first-order chi connectivity index (χ1) is 9.24.